The van der Waals surface area contributed by atoms with Crippen molar-refractivity contribution in [3.8, 4) is 5.88 Å². The van der Waals surface area contributed by atoms with Crippen molar-refractivity contribution in [3.63, 3.8) is 0 Å². The minimum Gasteiger partial charge on any atom is -0.477 e. The summed E-state index contributed by atoms with van der Waals surface area (Å²) in [5.41, 5.74) is 1.82. The molecular formula is C31H35Cl3F3N3O3. The van der Waals surface area contributed by atoms with Gasteiger partial charge in [-0.05, 0) is 43.1 Å². The first-order valence-corrected chi connectivity index (χ1v) is 13.7. The van der Waals surface area contributed by atoms with Crippen LogP contribution in [0.25, 0.3) is 0 Å². The van der Waals surface area contributed by atoms with Crippen LogP contribution in [0.3, 0.4) is 0 Å². The van der Waals surface area contributed by atoms with Gasteiger partial charge >= 0.3 is 12.1 Å². The lowest BCUT2D eigenvalue weighted by Gasteiger charge is -2.32. The van der Waals surface area contributed by atoms with E-state index in [1.165, 1.54) is 12.1 Å². The molecule has 1 N–H and O–H groups in total. The number of ether oxygens (including phenoxy) is 2. The Labute approximate surface area is 267 Å². The quantitative estimate of drug-likeness (QED) is 0.222. The summed E-state index contributed by atoms with van der Waals surface area (Å²) in [6.07, 6.45) is -3.14. The number of carbonyl (C=O) groups excluding carboxylic acids is 1. The first-order chi connectivity index (χ1) is 19.5. The fourth-order valence-corrected chi connectivity index (χ4v) is 5.09. The molecule has 12 heteroatoms. The van der Waals surface area contributed by atoms with Crippen molar-refractivity contribution in [2.24, 2.45) is 5.92 Å². The van der Waals surface area contributed by atoms with Gasteiger partial charge in [0.15, 0.2) is 0 Å². The molecule has 0 spiro atoms. The average Bonchev–Trinajstić information content (AvgIpc) is 2.91. The van der Waals surface area contributed by atoms with Crippen LogP contribution in [0.5, 0.6) is 5.88 Å². The minimum absolute atomic E-state index is 0. The van der Waals surface area contributed by atoms with Crippen molar-refractivity contribution >= 4 is 48.1 Å². The fraction of sp³-hybridized carbons (Fsp3) is 0.355. The predicted molar refractivity (Wildman–Crippen MR) is 167 cm³/mol. The number of alkyl halides is 3. The monoisotopic (exact) mass is 659 g/mol. The van der Waals surface area contributed by atoms with E-state index in [0.717, 1.165) is 11.6 Å². The summed E-state index contributed by atoms with van der Waals surface area (Å²) in [4.78, 5) is 20.0. The predicted octanol–water partition coefficient (Wildman–Crippen LogP) is 8.14. The molecule has 0 radical (unpaired) electrons. The molecule has 1 atom stereocenters. The highest BCUT2D eigenvalue weighted by atomic mass is 35.5. The fourth-order valence-electron chi connectivity index (χ4n) is 4.75. The SMILES string of the molecule is CC1=C(C(=O)OCCN(C)Cc2ccccc2)C(c2cccc(C(F)(F)F)c2Cl)c2c(ccnc2OCC(C)C)N1.Cl.Cl. The number of hydrogen-bond acceptors (Lipinski definition) is 6. The second-order valence-electron chi connectivity index (χ2n) is 10.4. The Morgan fingerprint density at radius 3 is 2.44 bits per heavy atom. The number of likely N-dealkylation sites (N-methyl/N-ethyl adjacent to an activating group) is 1. The van der Waals surface area contributed by atoms with Crippen molar-refractivity contribution < 1.29 is 27.4 Å². The summed E-state index contributed by atoms with van der Waals surface area (Å²) >= 11 is 6.43. The molecule has 0 aliphatic carbocycles. The highest BCUT2D eigenvalue weighted by molar-refractivity contribution is 6.32. The molecule has 1 aliphatic rings. The third kappa shape index (κ3) is 8.79. The van der Waals surface area contributed by atoms with Gasteiger partial charge in [0, 0.05) is 30.7 Å². The van der Waals surface area contributed by atoms with E-state index >= 15 is 0 Å². The summed E-state index contributed by atoms with van der Waals surface area (Å²) in [6.45, 7) is 7.15. The van der Waals surface area contributed by atoms with Crippen molar-refractivity contribution in [1.29, 1.82) is 0 Å². The topological polar surface area (TPSA) is 63.7 Å². The number of nitrogens with zero attached hydrogens (tertiary/aromatic N) is 2. The molecule has 0 bridgehead atoms. The van der Waals surface area contributed by atoms with Crippen LogP contribution >= 0.6 is 36.4 Å². The van der Waals surface area contributed by atoms with Gasteiger partial charge in [-0.2, -0.15) is 13.2 Å². The van der Waals surface area contributed by atoms with E-state index in [2.05, 4.69) is 10.3 Å². The van der Waals surface area contributed by atoms with Crippen LogP contribution in [0, 0.1) is 5.92 Å². The molecule has 6 nitrogen and oxygen atoms in total. The number of benzene rings is 2. The smallest absolute Gasteiger partial charge is 0.417 e. The molecule has 2 heterocycles. The van der Waals surface area contributed by atoms with Gasteiger partial charge < -0.3 is 14.8 Å². The number of nitrogens with one attached hydrogen (secondary N) is 1. The zero-order chi connectivity index (χ0) is 29.7. The lowest BCUT2D eigenvalue weighted by atomic mass is 9.80. The van der Waals surface area contributed by atoms with Crippen LogP contribution in [0.1, 0.15) is 48.9 Å². The van der Waals surface area contributed by atoms with Gasteiger partial charge in [-0.25, -0.2) is 9.78 Å². The number of halogens is 6. The maximum absolute atomic E-state index is 13.9. The molecular weight excluding hydrogens is 626 g/mol. The van der Waals surface area contributed by atoms with Gasteiger partial charge in [0.2, 0.25) is 5.88 Å². The van der Waals surface area contributed by atoms with Crippen molar-refractivity contribution in [1.82, 2.24) is 9.88 Å². The van der Waals surface area contributed by atoms with Crippen LogP contribution in [0.2, 0.25) is 5.02 Å². The van der Waals surface area contributed by atoms with Crippen LogP contribution in [0.15, 0.2) is 72.1 Å². The number of allylic oxidation sites excluding steroid dienone is 1. The van der Waals surface area contributed by atoms with Crippen LogP contribution in [0.4, 0.5) is 18.9 Å². The zero-order valence-corrected chi connectivity index (χ0v) is 26.6. The maximum atomic E-state index is 13.9. The number of carbonyl (C=O) groups is 1. The number of pyridine rings is 1. The van der Waals surface area contributed by atoms with Gasteiger partial charge in [-0.3, -0.25) is 4.90 Å². The summed E-state index contributed by atoms with van der Waals surface area (Å²) in [5, 5.41) is 2.71. The molecule has 1 unspecified atom stereocenters. The van der Waals surface area contributed by atoms with E-state index in [9.17, 15) is 18.0 Å². The number of fused-ring (bicyclic) bond motifs is 1. The van der Waals surface area contributed by atoms with E-state index in [4.69, 9.17) is 21.1 Å². The van der Waals surface area contributed by atoms with Gasteiger partial charge in [-0.15, -0.1) is 24.8 Å². The molecule has 0 fully saturated rings. The Kier molecular flexibility index (Phi) is 13.2. The van der Waals surface area contributed by atoms with Crippen molar-refractivity contribution in [3.05, 3.63) is 99.3 Å². The van der Waals surface area contributed by atoms with Crippen LogP contribution in [-0.2, 0) is 22.3 Å². The normalized spacial score (nSPS) is 14.4. The second kappa shape index (κ2) is 15.7. The third-order valence-corrected chi connectivity index (χ3v) is 7.10. The first kappa shape index (κ1) is 36.2. The Hall–Kier alpha value is -2.98. The molecule has 0 amide bonds. The number of hydrogen-bond donors (Lipinski definition) is 1. The Morgan fingerprint density at radius 1 is 1.09 bits per heavy atom. The highest BCUT2D eigenvalue weighted by Crippen LogP contribution is 2.49. The highest BCUT2D eigenvalue weighted by Gasteiger charge is 2.40. The number of rotatable bonds is 10. The van der Waals surface area contributed by atoms with Crippen LogP contribution < -0.4 is 10.1 Å². The molecule has 1 aliphatic heterocycles. The molecule has 1 aromatic heterocycles. The van der Waals surface area contributed by atoms with E-state index in [1.54, 1.807) is 19.2 Å². The second-order valence-corrected chi connectivity index (χ2v) is 10.8. The van der Waals surface area contributed by atoms with Crippen molar-refractivity contribution in [2.75, 3.05) is 32.1 Å². The van der Waals surface area contributed by atoms with Gasteiger partial charge in [0.05, 0.1) is 34.2 Å². The lowest BCUT2D eigenvalue weighted by Crippen LogP contribution is -2.28. The summed E-state index contributed by atoms with van der Waals surface area (Å²) in [6, 6.07) is 15.3. The molecule has 3 aromatic rings. The van der Waals surface area contributed by atoms with Gasteiger partial charge in [-0.1, -0.05) is 67.9 Å². The zero-order valence-electron chi connectivity index (χ0n) is 24.2. The van der Waals surface area contributed by atoms with Crippen molar-refractivity contribution in [2.45, 2.75) is 39.4 Å². The molecule has 4 rings (SSSR count). The van der Waals surface area contributed by atoms with E-state index in [0.29, 0.717) is 36.6 Å². The summed E-state index contributed by atoms with van der Waals surface area (Å²) < 4.78 is 53.3. The standard InChI is InChI=1S/C31H33ClF3N3O3.2ClH/c1-19(2)18-41-29-27-24(13-14-36-29)37-20(3)25(26(27)22-11-8-12-23(28(22)32)31(33,34)35)30(39)40-16-15-38(4)17-21-9-6-5-7-10-21;;/h5-14,19,26,37H,15-18H2,1-4H3;2*1H. The molecule has 0 saturated heterocycles. The summed E-state index contributed by atoms with van der Waals surface area (Å²) in [7, 11) is 1.92. The average molecular weight is 661 g/mol. The van der Waals surface area contributed by atoms with Gasteiger partial charge in [0.25, 0.3) is 0 Å². The van der Waals surface area contributed by atoms with E-state index in [1.807, 2.05) is 56.1 Å². The maximum Gasteiger partial charge on any atom is 0.417 e. The minimum atomic E-state index is -4.68. The van der Waals surface area contributed by atoms with Crippen LogP contribution in [-0.4, -0.2) is 42.7 Å². The Bertz CT molecular complexity index is 1420. The van der Waals surface area contributed by atoms with Gasteiger partial charge in [0.1, 0.15) is 6.61 Å². The van der Waals surface area contributed by atoms with E-state index < -0.39 is 28.6 Å². The Balaban J connectivity index is 0.00000323. The number of anilines is 1. The molecule has 43 heavy (non-hydrogen) atoms. The van der Waals surface area contributed by atoms with E-state index in [-0.39, 0.29) is 54.4 Å². The molecule has 2 aromatic carbocycles. The number of esters is 1. The summed E-state index contributed by atoms with van der Waals surface area (Å²) in [5.74, 6) is -1.30. The number of aromatic nitrogens is 1. The molecule has 234 valence electrons. The Morgan fingerprint density at radius 2 is 1.79 bits per heavy atom. The third-order valence-electron chi connectivity index (χ3n) is 6.68. The first-order valence-electron chi connectivity index (χ1n) is 13.3. The largest absolute Gasteiger partial charge is 0.477 e. The molecule has 0 saturated carbocycles. The lowest BCUT2D eigenvalue weighted by molar-refractivity contribution is -0.139.